The summed E-state index contributed by atoms with van der Waals surface area (Å²) in [6.07, 6.45) is 1.65. The number of amides is 1. The summed E-state index contributed by atoms with van der Waals surface area (Å²) in [5, 5.41) is 14.3. The van der Waals surface area contributed by atoms with Crippen LogP contribution in [0.5, 0.6) is 5.75 Å². The standard InChI is InChI=1S/C18H24FN5O2/c1-12(26-16-5-3-4-14(19)10-16)11-21-18(25)17-13(2)24(23-22-17)15-6-8-20-9-7-15/h3-5,10,12,15,20H,6-9,11H2,1-2H3,(H,21,25). The van der Waals surface area contributed by atoms with E-state index in [1.807, 2.05) is 18.5 Å². The Morgan fingerprint density at radius 2 is 2.23 bits per heavy atom. The molecular formula is C18H24FN5O2. The van der Waals surface area contributed by atoms with Gasteiger partial charge in [-0.25, -0.2) is 9.07 Å². The molecule has 1 saturated heterocycles. The van der Waals surface area contributed by atoms with Crippen LogP contribution in [0.4, 0.5) is 4.39 Å². The maximum absolute atomic E-state index is 13.2. The molecule has 1 amide bonds. The number of carbonyl (C=O) groups excluding carboxylic acids is 1. The highest BCUT2D eigenvalue weighted by atomic mass is 19.1. The van der Waals surface area contributed by atoms with Gasteiger partial charge in [-0.3, -0.25) is 4.79 Å². The topological polar surface area (TPSA) is 81.1 Å². The fourth-order valence-electron chi connectivity index (χ4n) is 3.08. The molecule has 2 N–H and O–H groups in total. The molecular weight excluding hydrogens is 337 g/mol. The van der Waals surface area contributed by atoms with Crippen molar-refractivity contribution in [3.05, 3.63) is 41.5 Å². The monoisotopic (exact) mass is 361 g/mol. The number of aromatic nitrogens is 3. The van der Waals surface area contributed by atoms with Crippen molar-refractivity contribution in [2.75, 3.05) is 19.6 Å². The number of halogens is 1. The van der Waals surface area contributed by atoms with Crippen LogP contribution in [-0.2, 0) is 0 Å². The summed E-state index contributed by atoms with van der Waals surface area (Å²) in [5.74, 6) is -0.207. The van der Waals surface area contributed by atoms with Crippen molar-refractivity contribution < 1.29 is 13.9 Å². The third-order valence-electron chi connectivity index (χ3n) is 4.48. The lowest BCUT2D eigenvalue weighted by atomic mass is 10.1. The number of hydrogen-bond acceptors (Lipinski definition) is 5. The van der Waals surface area contributed by atoms with Crippen LogP contribution < -0.4 is 15.4 Å². The summed E-state index contributed by atoms with van der Waals surface area (Å²) in [7, 11) is 0. The fraction of sp³-hybridized carbons (Fsp3) is 0.500. The molecule has 0 aliphatic carbocycles. The molecule has 7 nitrogen and oxygen atoms in total. The minimum Gasteiger partial charge on any atom is -0.489 e. The Labute approximate surface area is 151 Å². The summed E-state index contributed by atoms with van der Waals surface area (Å²) in [4.78, 5) is 12.4. The van der Waals surface area contributed by atoms with Gasteiger partial charge in [0.2, 0.25) is 0 Å². The van der Waals surface area contributed by atoms with Crippen LogP contribution in [0.25, 0.3) is 0 Å². The molecule has 1 aromatic carbocycles. The highest BCUT2D eigenvalue weighted by Gasteiger charge is 2.23. The normalized spacial score (nSPS) is 16.3. The highest BCUT2D eigenvalue weighted by molar-refractivity contribution is 5.93. The van der Waals surface area contributed by atoms with Crippen molar-refractivity contribution in [1.29, 1.82) is 0 Å². The van der Waals surface area contributed by atoms with E-state index in [9.17, 15) is 9.18 Å². The second-order valence-corrected chi connectivity index (χ2v) is 6.55. The van der Waals surface area contributed by atoms with Crippen LogP contribution in [-0.4, -0.2) is 46.6 Å². The van der Waals surface area contributed by atoms with Gasteiger partial charge in [-0.15, -0.1) is 5.10 Å². The van der Waals surface area contributed by atoms with E-state index in [-0.39, 0.29) is 30.4 Å². The second-order valence-electron chi connectivity index (χ2n) is 6.55. The lowest BCUT2D eigenvalue weighted by Gasteiger charge is -2.23. The molecule has 1 unspecified atom stereocenters. The number of nitrogens with zero attached hydrogens (tertiary/aromatic N) is 3. The van der Waals surface area contributed by atoms with E-state index in [1.54, 1.807) is 12.1 Å². The molecule has 1 atom stereocenters. The zero-order chi connectivity index (χ0) is 18.5. The average molecular weight is 361 g/mol. The molecule has 0 spiro atoms. The van der Waals surface area contributed by atoms with E-state index in [0.29, 0.717) is 11.4 Å². The molecule has 8 heteroatoms. The van der Waals surface area contributed by atoms with Crippen LogP contribution in [0.15, 0.2) is 24.3 Å². The van der Waals surface area contributed by atoms with Crippen molar-refractivity contribution in [1.82, 2.24) is 25.6 Å². The Kier molecular flexibility index (Phi) is 5.82. The highest BCUT2D eigenvalue weighted by Crippen LogP contribution is 2.20. The number of benzene rings is 1. The first kappa shape index (κ1) is 18.3. The van der Waals surface area contributed by atoms with Crippen molar-refractivity contribution in [3.63, 3.8) is 0 Å². The van der Waals surface area contributed by atoms with Gasteiger partial charge >= 0.3 is 0 Å². The van der Waals surface area contributed by atoms with Gasteiger partial charge in [-0.05, 0) is 51.9 Å². The zero-order valence-corrected chi connectivity index (χ0v) is 15.0. The van der Waals surface area contributed by atoms with E-state index in [2.05, 4.69) is 20.9 Å². The predicted octanol–water partition coefficient (Wildman–Crippen LogP) is 1.85. The molecule has 2 heterocycles. The molecule has 26 heavy (non-hydrogen) atoms. The van der Waals surface area contributed by atoms with Gasteiger partial charge in [-0.1, -0.05) is 11.3 Å². The van der Waals surface area contributed by atoms with Gasteiger partial charge in [0, 0.05) is 6.07 Å². The number of carbonyl (C=O) groups is 1. The van der Waals surface area contributed by atoms with Gasteiger partial charge in [0.05, 0.1) is 18.3 Å². The van der Waals surface area contributed by atoms with Crippen molar-refractivity contribution in [2.45, 2.75) is 38.8 Å². The zero-order valence-electron chi connectivity index (χ0n) is 15.0. The molecule has 140 valence electrons. The van der Waals surface area contributed by atoms with Crippen LogP contribution in [0, 0.1) is 12.7 Å². The van der Waals surface area contributed by atoms with Gasteiger partial charge in [0.1, 0.15) is 17.7 Å². The van der Waals surface area contributed by atoms with Gasteiger partial charge < -0.3 is 15.4 Å². The van der Waals surface area contributed by atoms with E-state index < -0.39 is 0 Å². The quantitative estimate of drug-likeness (QED) is 0.821. The Balaban J connectivity index is 1.55. The van der Waals surface area contributed by atoms with Crippen molar-refractivity contribution >= 4 is 5.91 Å². The van der Waals surface area contributed by atoms with E-state index in [1.165, 1.54) is 12.1 Å². The molecule has 0 saturated carbocycles. The number of hydrogen-bond donors (Lipinski definition) is 2. The summed E-state index contributed by atoms with van der Waals surface area (Å²) in [6.45, 7) is 5.85. The minimum absolute atomic E-state index is 0.278. The maximum atomic E-state index is 13.2. The number of rotatable bonds is 6. The first-order chi connectivity index (χ1) is 12.5. The molecule has 2 aromatic rings. The average Bonchev–Trinajstić information content (AvgIpc) is 3.02. The number of piperidine rings is 1. The first-order valence-corrected chi connectivity index (χ1v) is 8.87. The molecule has 0 radical (unpaired) electrons. The fourth-order valence-corrected chi connectivity index (χ4v) is 3.08. The molecule has 1 fully saturated rings. The van der Waals surface area contributed by atoms with E-state index >= 15 is 0 Å². The Morgan fingerprint density at radius 1 is 1.46 bits per heavy atom. The lowest BCUT2D eigenvalue weighted by Crippen LogP contribution is -2.34. The summed E-state index contributed by atoms with van der Waals surface area (Å²) >= 11 is 0. The molecule has 1 aromatic heterocycles. The van der Waals surface area contributed by atoms with E-state index in [4.69, 9.17) is 4.74 Å². The van der Waals surface area contributed by atoms with Crippen LogP contribution in [0.2, 0.25) is 0 Å². The molecule has 1 aliphatic heterocycles. The summed E-state index contributed by atoms with van der Waals surface area (Å²) in [5.41, 5.74) is 1.11. The summed E-state index contributed by atoms with van der Waals surface area (Å²) < 4.78 is 20.6. The molecule has 3 rings (SSSR count). The number of nitrogens with one attached hydrogen (secondary N) is 2. The third-order valence-corrected chi connectivity index (χ3v) is 4.48. The minimum atomic E-state index is -0.358. The third kappa shape index (κ3) is 4.37. The van der Waals surface area contributed by atoms with Crippen LogP contribution in [0.3, 0.4) is 0 Å². The Morgan fingerprint density at radius 3 is 2.96 bits per heavy atom. The smallest absolute Gasteiger partial charge is 0.273 e. The van der Waals surface area contributed by atoms with Gasteiger partial charge in [0.25, 0.3) is 5.91 Å². The van der Waals surface area contributed by atoms with E-state index in [0.717, 1.165) is 31.6 Å². The first-order valence-electron chi connectivity index (χ1n) is 8.87. The second kappa shape index (κ2) is 8.27. The van der Waals surface area contributed by atoms with Crippen molar-refractivity contribution in [2.24, 2.45) is 0 Å². The lowest BCUT2D eigenvalue weighted by molar-refractivity contribution is 0.0926. The number of ether oxygens (including phenoxy) is 1. The SMILES string of the molecule is Cc1c(C(=O)NCC(C)Oc2cccc(F)c2)nnn1C1CCNCC1. The molecule has 1 aliphatic rings. The van der Waals surface area contributed by atoms with Crippen molar-refractivity contribution in [3.8, 4) is 5.75 Å². The summed E-state index contributed by atoms with van der Waals surface area (Å²) in [6, 6.07) is 6.20. The van der Waals surface area contributed by atoms with Crippen LogP contribution >= 0.6 is 0 Å². The van der Waals surface area contributed by atoms with Crippen LogP contribution in [0.1, 0.15) is 42.0 Å². The van der Waals surface area contributed by atoms with Gasteiger partial charge in [-0.2, -0.15) is 0 Å². The Bertz CT molecular complexity index is 758. The molecule has 0 bridgehead atoms. The van der Waals surface area contributed by atoms with Gasteiger partial charge in [0.15, 0.2) is 5.69 Å². The maximum Gasteiger partial charge on any atom is 0.273 e. The predicted molar refractivity (Wildman–Crippen MR) is 94.7 cm³/mol. The Hall–Kier alpha value is -2.48. The largest absolute Gasteiger partial charge is 0.489 e.